The van der Waals surface area contributed by atoms with Gasteiger partial charge in [0.15, 0.2) is 0 Å². The molecule has 0 aliphatic carbocycles. The summed E-state index contributed by atoms with van der Waals surface area (Å²) in [5.41, 5.74) is 2.64. The molecule has 1 aliphatic heterocycles. The normalized spacial score (nSPS) is 16.2. The van der Waals surface area contributed by atoms with Gasteiger partial charge in [-0.3, -0.25) is 4.90 Å². The summed E-state index contributed by atoms with van der Waals surface area (Å²) in [6, 6.07) is 17.0. The van der Waals surface area contributed by atoms with Crippen LogP contribution in [0.25, 0.3) is 11.5 Å². The smallest absolute Gasteiger partial charge is 0.243 e. The van der Waals surface area contributed by atoms with Crippen LogP contribution in [0.15, 0.2) is 63.9 Å². The van der Waals surface area contributed by atoms with E-state index >= 15 is 0 Å². The van der Waals surface area contributed by atoms with Crippen LogP contribution in [0.1, 0.15) is 17.0 Å². The predicted octanol–water partition coefficient (Wildman–Crippen LogP) is 3.46. The third kappa shape index (κ3) is 4.12. The Morgan fingerprint density at radius 1 is 0.931 bits per heavy atom. The number of sulfonamides is 1. The van der Waals surface area contributed by atoms with E-state index in [1.807, 2.05) is 56.3 Å². The molecule has 0 radical (unpaired) electrons. The van der Waals surface area contributed by atoms with Crippen molar-refractivity contribution < 1.29 is 12.8 Å². The summed E-state index contributed by atoms with van der Waals surface area (Å²) in [6.07, 6.45) is 0. The number of oxazole rings is 1. The lowest BCUT2D eigenvalue weighted by Crippen LogP contribution is -2.48. The van der Waals surface area contributed by atoms with Gasteiger partial charge in [-0.15, -0.1) is 0 Å². The highest BCUT2D eigenvalue weighted by atomic mass is 32.2. The topological polar surface area (TPSA) is 66.7 Å². The highest BCUT2D eigenvalue weighted by molar-refractivity contribution is 7.89. The molecule has 7 heteroatoms. The zero-order valence-electron chi connectivity index (χ0n) is 16.7. The summed E-state index contributed by atoms with van der Waals surface area (Å²) >= 11 is 0. The van der Waals surface area contributed by atoms with Gasteiger partial charge in [-0.1, -0.05) is 36.4 Å². The summed E-state index contributed by atoms with van der Waals surface area (Å²) in [7, 11) is -3.46. The Hall–Kier alpha value is -2.48. The van der Waals surface area contributed by atoms with Crippen LogP contribution in [0.4, 0.5) is 0 Å². The molecule has 152 valence electrons. The van der Waals surface area contributed by atoms with Crippen molar-refractivity contribution in [3.63, 3.8) is 0 Å². The van der Waals surface area contributed by atoms with Gasteiger partial charge < -0.3 is 4.42 Å². The molecule has 6 nitrogen and oxygen atoms in total. The van der Waals surface area contributed by atoms with Gasteiger partial charge in [-0.25, -0.2) is 13.4 Å². The first-order valence-corrected chi connectivity index (χ1v) is 11.2. The monoisotopic (exact) mass is 411 g/mol. The fraction of sp³-hybridized carbons (Fsp3) is 0.318. The summed E-state index contributed by atoms with van der Waals surface area (Å²) < 4.78 is 33.4. The number of aromatic nitrogens is 1. The maximum absolute atomic E-state index is 13.0. The first-order valence-electron chi connectivity index (χ1n) is 9.75. The zero-order chi connectivity index (χ0) is 20.4. The van der Waals surface area contributed by atoms with Gasteiger partial charge in [0, 0.05) is 38.3 Å². The first-order chi connectivity index (χ1) is 13.9. The van der Waals surface area contributed by atoms with Crippen molar-refractivity contribution in [2.24, 2.45) is 0 Å². The Morgan fingerprint density at radius 3 is 2.28 bits per heavy atom. The number of aryl methyl sites for hydroxylation is 2. The third-order valence-electron chi connectivity index (χ3n) is 5.33. The molecular weight excluding hydrogens is 386 g/mol. The summed E-state index contributed by atoms with van der Waals surface area (Å²) in [4.78, 5) is 7.28. The van der Waals surface area contributed by atoms with Crippen LogP contribution >= 0.6 is 0 Å². The maximum atomic E-state index is 13.0. The fourth-order valence-corrected chi connectivity index (χ4v) is 5.25. The predicted molar refractivity (Wildman–Crippen MR) is 112 cm³/mol. The molecule has 4 rings (SSSR count). The third-order valence-corrected chi connectivity index (χ3v) is 7.39. The Bertz CT molecular complexity index is 1090. The molecule has 29 heavy (non-hydrogen) atoms. The average Bonchev–Trinajstić information content (AvgIpc) is 3.09. The highest BCUT2D eigenvalue weighted by Gasteiger charge is 2.30. The van der Waals surface area contributed by atoms with Crippen LogP contribution in [-0.4, -0.2) is 48.8 Å². The number of hydrogen-bond donors (Lipinski definition) is 0. The van der Waals surface area contributed by atoms with Gasteiger partial charge in [0.05, 0.1) is 10.6 Å². The van der Waals surface area contributed by atoms with Gasteiger partial charge in [0.2, 0.25) is 15.9 Å². The Morgan fingerprint density at radius 2 is 1.59 bits per heavy atom. The Balaban J connectivity index is 1.42. The highest BCUT2D eigenvalue weighted by Crippen LogP contribution is 2.24. The standard InChI is InChI=1S/C22H25N3O3S/c1-17-8-6-7-11-21(17)29(26,27)25-14-12-24(13-15-25)16-20-18(2)28-22(23-20)19-9-4-3-5-10-19/h3-11H,12-16H2,1-2H3. The molecule has 0 saturated carbocycles. The second-order valence-electron chi connectivity index (χ2n) is 7.33. The van der Waals surface area contributed by atoms with E-state index in [4.69, 9.17) is 4.42 Å². The van der Waals surface area contributed by atoms with E-state index < -0.39 is 10.0 Å². The van der Waals surface area contributed by atoms with Crippen LogP contribution < -0.4 is 0 Å². The van der Waals surface area contributed by atoms with E-state index in [1.54, 1.807) is 16.4 Å². The van der Waals surface area contributed by atoms with E-state index in [1.165, 1.54) is 0 Å². The van der Waals surface area contributed by atoms with Crippen LogP contribution in [0.5, 0.6) is 0 Å². The molecule has 1 aromatic heterocycles. The van der Waals surface area contributed by atoms with Gasteiger partial charge in [-0.05, 0) is 37.6 Å². The number of nitrogens with zero attached hydrogens (tertiary/aromatic N) is 3. The average molecular weight is 412 g/mol. The molecule has 0 bridgehead atoms. The van der Waals surface area contributed by atoms with Crippen LogP contribution in [0.3, 0.4) is 0 Å². The molecule has 0 atom stereocenters. The van der Waals surface area contributed by atoms with Crippen LogP contribution in [0.2, 0.25) is 0 Å². The molecule has 0 spiro atoms. The van der Waals surface area contributed by atoms with Crippen LogP contribution in [-0.2, 0) is 16.6 Å². The Kier molecular flexibility index (Phi) is 5.54. The molecule has 2 heterocycles. The Labute approximate surface area is 171 Å². The van der Waals surface area contributed by atoms with E-state index in [9.17, 15) is 8.42 Å². The number of piperazine rings is 1. The quantitative estimate of drug-likeness (QED) is 0.643. The molecule has 0 amide bonds. The van der Waals surface area contributed by atoms with E-state index in [0.717, 1.165) is 22.6 Å². The second kappa shape index (κ2) is 8.10. The van der Waals surface area contributed by atoms with Crippen molar-refractivity contribution >= 4 is 10.0 Å². The van der Waals surface area contributed by atoms with Gasteiger partial charge in [0.1, 0.15) is 5.76 Å². The molecule has 3 aromatic rings. The van der Waals surface area contributed by atoms with Crippen molar-refractivity contribution in [1.29, 1.82) is 0 Å². The van der Waals surface area contributed by atoms with Crippen molar-refractivity contribution in [2.45, 2.75) is 25.3 Å². The lowest BCUT2D eigenvalue weighted by molar-refractivity contribution is 0.179. The van der Waals surface area contributed by atoms with Gasteiger partial charge >= 0.3 is 0 Å². The summed E-state index contributed by atoms with van der Waals surface area (Å²) in [5.74, 6) is 1.43. The summed E-state index contributed by atoms with van der Waals surface area (Å²) in [6.45, 7) is 6.68. The lowest BCUT2D eigenvalue weighted by Gasteiger charge is -2.33. The number of benzene rings is 2. The van der Waals surface area contributed by atoms with Crippen molar-refractivity contribution in [1.82, 2.24) is 14.2 Å². The molecule has 0 unspecified atom stereocenters. The molecule has 2 aromatic carbocycles. The minimum Gasteiger partial charge on any atom is -0.441 e. The van der Waals surface area contributed by atoms with Crippen molar-refractivity contribution in [3.05, 3.63) is 71.6 Å². The SMILES string of the molecule is Cc1ccccc1S(=O)(=O)N1CCN(Cc2nc(-c3ccccc3)oc2C)CC1. The first kappa shape index (κ1) is 19.8. The van der Waals surface area contributed by atoms with Crippen molar-refractivity contribution in [3.8, 4) is 11.5 Å². The minimum atomic E-state index is -3.46. The van der Waals surface area contributed by atoms with E-state index in [2.05, 4.69) is 9.88 Å². The van der Waals surface area contributed by atoms with Gasteiger partial charge in [-0.2, -0.15) is 4.31 Å². The molecule has 1 fully saturated rings. The van der Waals surface area contributed by atoms with E-state index in [-0.39, 0.29) is 0 Å². The largest absolute Gasteiger partial charge is 0.441 e. The number of rotatable bonds is 5. The summed E-state index contributed by atoms with van der Waals surface area (Å²) in [5, 5.41) is 0. The lowest BCUT2D eigenvalue weighted by atomic mass is 10.2. The van der Waals surface area contributed by atoms with E-state index in [0.29, 0.717) is 43.5 Å². The van der Waals surface area contributed by atoms with Gasteiger partial charge in [0.25, 0.3) is 0 Å². The number of hydrogen-bond acceptors (Lipinski definition) is 5. The minimum absolute atomic E-state index is 0.397. The van der Waals surface area contributed by atoms with Crippen molar-refractivity contribution in [2.75, 3.05) is 26.2 Å². The zero-order valence-corrected chi connectivity index (χ0v) is 17.5. The molecule has 1 aliphatic rings. The van der Waals surface area contributed by atoms with Crippen LogP contribution in [0, 0.1) is 13.8 Å². The fourth-order valence-electron chi connectivity index (χ4n) is 3.60. The second-order valence-corrected chi connectivity index (χ2v) is 9.24. The molecule has 0 N–H and O–H groups in total. The molecule has 1 saturated heterocycles. The maximum Gasteiger partial charge on any atom is 0.243 e. The molecular formula is C22H25N3O3S.